The Morgan fingerprint density at radius 1 is 0.923 bits per heavy atom. The van der Waals surface area contributed by atoms with Crippen molar-refractivity contribution < 1.29 is 13.6 Å². The van der Waals surface area contributed by atoms with E-state index < -0.39 is 17.5 Å². The molecule has 128 valence electrons. The van der Waals surface area contributed by atoms with E-state index in [1.54, 1.807) is 24.3 Å². The first-order chi connectivity index (χ1) is 12.5. The Bertz CT molecular complexity index is 982. The molecule has 1 heterocycles. The van der Waals surface area contributed by atoms with Crippen molar-refractivity contribution in [2.24, 2.45) is 0 Å². The molecule has 2 N–H and O–H groups in total. The number of nitrogens with zero attached hydrogens (tertiary/aromatic N) is 3. The monoisotopic (exact) mass is 351 g/mol. The van der Waals surface area contributed by atoms with Gasteiger partial charge in [0.1, 0.15) is 0 Å². The van der Waals surface area contributed by atoms with Crippen molar-refractivity contribution in [1.29, 1.82) is 5.26 Å². The standard InChI is InChI=1S/C18H11F2N5O/c19-14-6-5-13(9-15(14)20)22-17-8-7-16(24-25-17)18(26)23-12-3-1-11(10-21)2-4-12/h1-9H,(H,22,25)(H,23,26). The Balaban J connectivity index is 1.67. The van der Waals surface area contributed by atoms with E-state index in [1.165, 1.54) is 18.2 Å². The fourth-order valence-electron chi connectivity index (χ4n) is 2.07. The van der Waals surface area contributed by atoms with Gasteiger partial charge in [-0.15, -0.1) is 10.2 Å². The number of nitriles is 1. The number of carbonyl (C=O) groups is 1. The minimum Gasteiger partial charge on any atom is -0.339 e. The second kappa shape index (κ2) is 7.36. The van der Waals surface area contributed by atoms with Gasteiger partial charge in [0.2, 0.25) is 0 Å². The van der Waals surface area contributed by atoms with Gasteiger partial charge in [-0.1, -0.05) is 0 Å². The molecule has 0 saturated carbocycles. The molecular formula is C18H11F2N5O. The number of nitrogens with one attached hydrogen (secondary N) is 2. The van der Waals surface area contributed by atoms with Crippen LogP contribution in [0, 0.1) is 23.0 Å². The topological polar surface area (TPSA) is 90.7 Å². The molecule has 0 saturated heterocycles. The first-order valence-corrected chi connectivity index (χ1v) is 7.42. The number of benzene rings is 2. The highest BCUT2D eigenvalue weighted by Crippen LogP contribution is 2.17. The second-order valence-corrected chi connectivity index (χ2v) is 5.20. The molecule has 0 aliphatic carbocycles. The third kappa shape index (κ3) is 3.96. The number of aromatic nitrogens is 2. The van der Waals surface area contributed by atoms with Gasteiger partial charge in [0.25, 0.3) is 5.91 Å². The molecule has 0 fully saturated rings. The molecule has 8 heteroatoms. The van der Waals surface area contributed by atoms with Gasteiger partial charge in [0, 0.05) is 17.4 Å². The largest absolute Gasteiger partial charge is 0.339 e. The molecule has 0 bridgehead atoms. The molecular weight excluding hydrogens is 340 g/mol. The van der Waals surface area contributed by atoms with Crippen molar-refractivity contribution in [3.63, 3.8) is 0 Å². The highest BCUT2D eigenvalue weighted by Gasteiger charge is 2.09. The van der Waals surface area contributed by atoms with Crippen LogP contribution in [0.4, 0.5) is 26.0 Å². The molecule has 3 rings (SSSR count). The van der Waals surface area contributed by atoms with Crippen molar-refractivity contribution >= 4 is 23.1 Å². The van der Waals surface area contributed by atoms with Gasteiger partial charge in [0.05, 0.1) is 11.6 Å². The van der Waals surface area contributed by atoms with E-state index in [-0.39, 0.29) is 11.5 Å². The zero-order valence-electron chi connectivity index (χ0n) is 13.2. The van der Waals surface area contributed by atoms with Gasteiger partial charge in [-0.2, -0.15) is 5.26 Å². The zero-order chi connectivity index (χ0) is 18.5. The molecule has 3 aromatic rings. The number of hydrogen-bond acceptors (Lipinski definition) is 5. The van der Waals surface area contributed by atoms with Gasteiger partial charge in [-0.25, -0.2) is 8.78 Å². The fraction of sp³-hybridized carbons (Fsp3) is 0. The van der Waals surface area contributed by atoms with Crippen molar-refractivity contribution in [2.75, 3.05) is 10.6 Å². The molecule has 0 atom stereocenters. The third-order valence-corrected chi connectivity index (χ3v) is 3.36. The lowest BCUT2D eigenvalue weighted by Crippen LogP contribution is -2.14. The molecule has 0 aliphatic rings. The molecule has 0 unspecified atom stereocenters. The average Bonchev–Trinajstić information content (AvgIpc) is 2.66. The third-order valence-electron chi connectivity index (χ3n) is 3.36. The minimum atomic E-state index is -0.985. The van der Waals surface area contributed by atoms with Crippen molar-refractivity contribution in [3.8, 4) is 6.07 Å². The number of anilines is 3. The molecule has 1 amide bonds. The summed E-state index contributed by atoms with van der Waals surface area (Å²) in [6, 6.07) is 14.6. The van der Waals surface area contributed by atoms with Crippen LogP contribution in [0.25, 0.3) is 0 Å². The Hall–Kier alpha value is -3.86. The van der Waals surface area contributed by atoms with E-state index in [1.807, 2.05) is 6.07 Å². The van der Waals surface area contributed by atoms with Crippen LogP contribution in [0.2, 0.25) is 0 Å². The first kappa shape index (κ1) is 17.0. The van der Waals surface area contributed by atoms with E-state index in [9.17, 15) is 13.6 Å². The van der Waals surface area contributed by atoms with Crippen molar-refractivity contribution in [1.82, 2.24) is 10.2 Å². The smallest absolute Gasteiger partial charge is 0.276 e. The van der Waals surface area contributed by atoms with Crippen molar-refractivity contribution in [3.05, 3.63) is 77.5 Å². The zero-order valence-corrected chi connectivity index (χ0v) is 13.2. The van der Waals surface area contributed by atoms with Gasteiger partial charge >= 0.3 is 0 Å². The summed E-state index contributed by atoms with van der Waals surface area (Å²) in [5.41, 5.74) is 1.37. The molecule has 26 heavy (non-hydrogen) atoms. The van der Waals surface area contributed by atoms with Crippen LogP contribution < -0.4 is 10.6 Å². The van der Waals surface area contributed by atoms with Crippen LogP contribution in [0.3, 0.4) is 0 Å². The summed E-state index contributed by atoms with van der Waals surface area (Å²) in [6.45, 7) is 0. The Morgan fingerprint density at radius 3 is 2.27 bits per heavy atom. The van der Waals surface area contributed by atoms with Crippen LogP contribution in [0.15, 0.2) is 54.6 Å². The van der Waals surface area contributed by atoms with Gasteiger partial charge in [0.15, 0.2) is 23.1 Å². The van der Waals surface area contributed by atoms with Crippen LogP contribution in [-0.2, 0) is 0 Å². The summed E-state index contributed by atoms with van der Waals surface area (Å²) in [6.07, 6.45) is 0. The fourth-order valence-corrected chi connectivity index (χ4v) is 2.07. The summed E-state index contributed by atoms with van der Waals surface area (Å²) in [5.74, 6) is -2.13. The molecule has 0 radical (unpaired) electrons. The number of halogens is 2. The first-order valence-electron chi connectivity index (χ1n) is 7.42. The van der Waals surface area contributed by atoms with Gasteiger partial charge in [-0.3, -0.25) is 4.79 Å². The normalized spacial score (nSPS) is 10.0. The minimum absolute atomic E-state index is 0.0743. The van der Waals surface area contributed by atoms with Crippen LogP contribution in [-0.4, -0.2) is 16.1 Å². The lowest BCUT2D eigenvalue weighted by molar-refractivity contribution is 0.102. The maximum Gasteiger partial charge on any atom is 0.276 e. The summed E-state index contributed by atoms with van der Waals surface area (Å²) in [5, 5.41) is 21.8. The summed E-state index contributed by atoms with van der Waals surface area (Å²) in [4.78, 5) is 12.1. The maximum absolute atomic E-state index is 13.2. The summed E-state index contributed by atoms with van der Waals surface area (Å²) in [7, 11) is 0. The number of amides is 1. The molecule has 0 aliphatic heterocycles. The lowest BCUT2D eigenvalue weighted by atomic mass is 10.2. The van der Waals surface area contributed by atoms with Gasteiger partial charge < -0.3 is 10.6 Å². The Labute approximate surface area is 147 Å². The molecule has 0 spiro atoms. The van der Waals surface area contributed by atoms with E-state index in [0.717, 1.165) is 12.1 Å². The van der Waals surface area contributed by atoms with Gasteiger partial charge in [-0.05, 0) is 48.5 Å². The summed E-state index contributed by atoms with van der Waals surface area (Å²) >= 11 is 0. The number of rotatable bonds is 4. The van der Waals surface area contributed by atoms with E-state index >= 15 is 0 Å². The molecule has 1 aromatic heterocycles. The maximum atomic E-state index is 13.2. The average molecular weight is 351 g/mol. The van der Waals surface area contributed by atoms with E-state index in [4.69, 9.17) is 5.26 Å². The second-order valence-electron chi connectivity index (χ2n) is 5.20. The van der Waals surface area contributed by atoms with E-state index in [2.05, 4.69) is 20.8 Å². The van der Waals surface area contributed by atoms with Crippen molar-refractivity contribution in [2.45, 2.75) is 0 Å². The lowest BCUT2D eigenvalue weighted by Gasteiger charge is -2.07. The SMILES string of the molecule is N#Cc1ccc(NC(=O)c2ccc(Nc3ccc(F)c(F)c3)nn2)cc1. The quantitative estimate of drug-likeness (QED) is 0.749. The summed E-state index contributed by atoms with van der Waals surface area (Å²) < 4.78 is 26.1. The Kier molecular flexibility index (Phi) is 4.80. The van der Waals surface area contributed by atoms with Crippen LogP contribution in [0.1, 0.15) is 16.1 Å². The highest BCUT2D eigenvalue weighted by molar-refractivity contribution is 6.02. The number of carbonyl (C=O) groups excluding carboxylic acids is 1. The molecule has 6 nitrogen and oxygen atoms in total. The Morgan fingerprint density at radius 2 is 1.65 bits per heavy atom. The molecule has 2 aromatic carbocycles. The van der Waals surface area contributed by atoms with E-state index in [0.29, 0.717) is 16.9 Å². The van der Waals surface area contributed by atoms with Crippen LogP contribution in [0.5, 0.6) is 0 Å². The van der Waals surface area contributed by atoms with Crippen LogP contribution >= 0.6 is 0 Å². The highest BCUT2D eigenvalue weighted by atomic mass is 19.2. The predicted molar refractivity (Wildman–Crippen MR) is 90.8 cm³/mol. The predicted octanol–water partition coefficient (Wildman–Crippen LogP) is 3.62. The number of hydrogen-bond donors (Lipinski definition) is 2.